The Labute approximate surface area is 143 Å². The van der Waals surface area contributed by atoms with Crippen molar-refractivity contribution in [1.29, 1.82) is 0 Å². The van der Waals surface area contributed by atoms with E-state index in [0.717, 1.165) is 32.7 Å². The molecule has 0 aliphatic rings. The number of nitrogens with one attached hydrogen (secondary N) is 1. The van der Waals surface area contributed by atoms with Crippen LogP contribution < -0.4 is 5.32 Å². The topological polar surface area (TPSA) is 59.3 Å². The van der Waals surface area contributed by atoms with E-state index in [0.29, 0.717) is 13.0 Å². The van der Waals surface area contributed by atoms with Gasteiger partial charge in [-0.15, -0.1) is 11.3 Å². The lowest BCUT2D eigenvalue weighted by Crippen LogP contribution is -2.25. The van der Waals surface area contributed by atoms with E-state index in [1.54, 1.807) is 17.5 Å². The van der Waals surface area contributed by atoms with Crippen molar-refractivity contribution in [1.82, 2.24) is 19.7 Å². The summed E-state index contributed by atoms with van der Waals surface area (Å²) in [7, 11) is 0. The van der Waals surface area contributed by atoms with E-state index in [9.17, 15) is 4.79 Å². The van der Waals surface area contributed by atoms with Crippen LogP contribution in [0.25, 0.3) is 15.9 Å². The Bertz CT molecular complexity index is 1030. The predicted molar refractivity (Wildman–Crippen MR) is 95.1 cm³/mol. The first-order chi connectivity index (χ1) is 11.7. The third-order valence-electron chi connectivity index (χ3n) is 4.06. The van der Waals surface area contributed by atoms with Crippen LogP contribution in [0.2, 0.25) is 0 Å². The number of imidazole rings is 1. The zero-order valence-corrected chi connectivity index (χ0v) is 14.0. The summed E-state index contributed by atoms with van der Waals surface area (Å²) in [6.07, 6.45) is 4.02. The molecule has 24 heavy (non-hydrogen) atoms. The number of rotatable bonds is 4. The molecule has 1 amide bonds. The molecule has 0 bridgehead atoms. The van der Waals surface area contributed by atoms with Gasteiger partial charge in [-0.05, 0) is 30.2 Å². The SMILES string of the molecule is Cc1cccn2c(CC(=O)NCc3cccc4ncsc34)cnc12. The number of hydrogen-bond donors (Lipinski definition) is 1. The summed E-state index contributed by atoms with van der Waals surface area (Å²) in [6.45, 7) is 2.52. The molecule has 3 aromatic heterocycles. The summed E-state index contributed by atoms with van der Waals surface area (Å²) in [5.41, 5.74) is 6.79. The normalized spacial score (nSPS) is 11.2. The van der Waals surface area contributed by atoms with Gasteiger partial charge in [0, 0.05) is 18.9 Å². The zero-order valence-electron chi connectivity index (χ0n) is 13.2. The fourth-order valence-electron chi connectivity index (χ4n) is 2.84. The second-order valence-electron chi connectivity index (χ2n) is 5.71. The molecule has 1 aromatic carbocycles. The van der Waals surface area contributed by atoms with Crippen molar-refractivity contribution < 1.29 is 4.79 Å². The van der Waals surface area contributed by atoms with Crippen LogP contribution in [-0.4, -0.2) is 20.3 Å². The van der Waals surface area contributed by atoms with E-state index in [1.165, 1.54) is 0 Å². The van der Waals surface area contributed by atoms with E-state index in [-0.39, 0.29) is 5.91 Å². The minimum atomic E-state index is -0.0141. The lowest BCUT2D eigenvalue weighted by Gasteiger charge is -2.06. The highest BCUT2D eigenvalue weighted by atomic mass is 32.1. The predicted octanol–water partition coefficient (Wildman–Crippen LogP) is 3.11. The van der Waals surface area contributed by atoms with Crippen molar-refractivity contribution in [2.24, 2.45) is 0 Å². The summed E-state index contributed by atoms with van der Waals surface area (Å²) in [5, 5.41) is 3.00. The number of carbonyl (C=O) groups is 1. The number of aryl methyl sites for hydroxylation is 1. The Balaban J connectivity index is 1.48. The van der Waals surface area contributed by atoms with Gasteiger partial charge in [0.2, 0.25) is 5.91 Å². The molecule has 0 saturated carbocycles. The third kappa shape index (κ3) is 2.65. The second-order valence-corrected chi connectivity index (χ2v) is 6.56. The fourth-order valence-corrected chi connectivity index (χ4v) is 3.64. The molecule has 0 atom stereocenters. The monoisotopic (exact) mass is 336 g/mol. The van der Waals surface area contributed by atoms with Crippen molar-refractivity contribution in [2.75, 3.05) is 0 Å². The minimum Gasteiger partial charge on any atom is -0.352 e. The summed E-state index contributed by atoms with van der Waals surface area (Å²) in [5.74, 6) is -0.0141. The average molecular weight is 336 g/mol. The zero-order chi connectivity index (χ0) is 16.5. The number of pyridine rings is 1. The van der Waals surface area contributed by atoms with Crippen LogP contribution >= 0.6 is 11.3 Å². The van der Waals surface area contributed by atoms with Crippen LogP contribution in [0.5, 0.6) is 0 Å². The molecule has 0 spiro atoms. The molecule has 5 nitrogen and oxygen atoms in total. The smallest absolute Gasteiger partial charge is 0.226 e. The number of carbonyl (C=O) groups excluding carboxylic acids is 1. The van der Waals surface area contributed by atoms with Gasteiger partial charge in [-0.2, -0.15) is 0 Å². The molecule has 3 heterocycles. The van der Waals surface area contributed by atoms with Crippen molar-refractivity contribution in [3.63, 3.8) is 0 Å². The standard InChI is InChI=1S/C18H16N4OS/c1-12-4-3-7-22-14(10-20-18(12)22)8-16(23)19-9-13-5-2-6-15-17(13)24-11-21-15/h2-7,10-11H,8-9H2,1H3,(H,19,23). The molecular weight excluding hydrogens is 320 g/mol. The van der Waals surface area contributed by atoms with Gasteiger partial charge < -0.3 is 9.72 Å². The Kier molecular flexibility index (Phi) is 3.74. The first kappa shape index (κ1) is 14.8. The van der Waals surface area contributed by atoms with Crippen LogP contribution in [0.4, 0.5) is 0 Å². The Morgan fingerprint density at radius 1 is 1.25 bits per heavy atom. The summed E-state index contributed by atoms with van der Waals surface area (Å²) in [6, 6.07) is 9.96. The number of nitrogens with zero attached hydrogens (tertiary/aromatic N) is 3. The van der Waals surface area contributed by atoms with Gasteiger partial charge >= 0.3 is 0 Å². The molecule has 0 radical (unpaired) electrons. The number of amides is 1. The molecule has 0 unspecified atom stereocenters. The fraction of sp³-hybridized carbons (Fsp3) is 0.167. The summed E-state index contributed by atoms with van der Waals surface area (Å²) < 4.78 is 3.10. The van der Waals surface area contributed by atoms with E-state index in [1.807, 2.05) is 53.4 Å². The molecular formula is C18H16N4OS. The van der Waals surface area contributed by atoms with Gasteiger partial charge in [-0.3, -0.25) is 4.79 Å². The van der Waals surface area contributed by atoms with Crippen LogP contribution in [0.1, 0.15) is 16.8 Å². The van der Waals surface area contributed by atoms with Gasteiger partial charge in [0.1, 0.15) is 5.65 Å². The number of hydrogen-bond acceptors (Lipinski definition) is 4. The molecule has 0 saturated heterocycles. The van der Waals surface area contributed by atoms with Crippen LogP contribution in [-0.2, 0) is 17.8 Å². The highest BCUT2D eigenvalue weighted by Gasteiger charge is 2.10. The van der Waals surface area contributed by atoms with Crippen molar-refractivity contribution in [2.45, 2.75) is 19.9 Å². The van der Waals surface area contributed by atoms with Gasteiger partial charge in [-0.1, -0.05) is 18.2 Å². The lowest BCUT2D eigenvalue weighted by atomic mass is 10.2. The average Bonchev–Trinajstić information content (AvgIpc) is 3.21. The molecule has 6 heteroatoms. The first-order valence-electron chi connectivity index (χ1n) is 7.72. The van der Waals surface area contributed by atoms with Gasteiger partial charge in [0.05, 0.1) is 27.8 Å². The van der Waals surface area contributed by atoms with Gasteiger partial charge in [0.25, 0.3) is 0 Å². The molecule has 1 N–H and O–H groups in total. The lowest BCUT2D eigenvalue weighted by molar-refractivity contribution is -0.120. The molecule has 4 rings (SSSR count). The first-order valence-corrected chi connectivity index (χ1v) is 8.59. The molecule has 0 aliphatic heterocycles. The number of benzene rings is 1. The van der Waals surface area contributed by atoms with Crippen LogP contribution in [0.3, 0.4) is 0 Å². The van der Waals surface area contributed by atoms with Crippen LogP contribution in [0.15, 0.2) is 48.2 Å². The largest absolute Gasteiger partial charge is 0.352 e. The maximum atomic E-state index is 12.3. The Morgan fingerprint density at radius 2 is 2.17 bits per heavy atom. The van der Waals surface area contributed by atoms with E-state index in [2.05, 4.69) is 15.3 Å². The van der Waals surface area contributed by atoms with Crippen molar-refractivity contribution >= 4 is 33.1 Å². The second kappa shape index (κ2) is 6.05. The Morgan fingerprint density at radius 3 is 3.08 bits per heavy atom. The molecule has 120 valence electrons. The highest BCUT2D eigenvalue weighted by molar-refractivity contribution is 7.16. The Hall–Kier alpha value is -2.73. The number of thiazole rings is 1. The third-order valence-corrected chi connectivity index (χ3v) is 4.98. The quantitative estimate of drug-likeness (QED) is 0.623. The van der Waals surface area contributed by atoms with Crippen molar-refractivity contribution in [3.05, 3.63) is 65.1 Å². The molecule has 0 fully saturated rings. The van der Waals surface area contributed by atoms with Crippen LogP contribution in [0, 0.1) is 6.92 Å². The summed E-state index contributed by atoms with van der Waals surface area (Å²) in [4.78, 5) is 21.0. The van der Waals surface area contributed by atoms with Gasteiger partial charge in [0.15, 0.2) is 0 Å². The molecule has 0 aliphatic carbocycles. The number of fused-ring (bicyclic) bond motifs is 2. The van der Waals surface area contributed by atoms with Crippen molar-refractivity contribution in [3.8, 4) is 0 Å². The maximum absolute atomic E-state index is 12.3. The summed E-state index contributed by atoms with van der Waals surface area (Å²) >= 11 is 1.60. The highest BCUT2D eigenvalue weighted by Crippen LogP contribution is 2.22. The van der Waals surface area contributed by atoms with E-state index in [4.69, 9.17) is 0 Å². The van der Waals surface area contributed by atoms with Gasteiger partial charge in [-0.25, -0.2) is 9.97 Å². The van der Waals surface area contributed by atoms with E-state index < -0.39 is 0 Å². The molecule has 4 aromatic rings. The van der Waals surface area contributed by atoms with E-state index >= 15 is 0 Å². The minimum absolute atomic E-state index is 0.0141. The number of aromatic nitrogens is 3. The maximum Gasteiger partial charge on any atom is 0.226 e.